The largest absolute Gasteiger partial charge is 0.396 e. The first kappa shape index (κ1) is 20.7. The minimum atomic E-state index is 0.0477. The molecule has 0 radical (unpaired) electrons. The molecule has 3 heterocycles. The number of rotatable bonds is 5. The molecule has 3 aromatic heterocycles. The summed E-state index contributed by atoms with van der Waals surface area (Å²) in [5, 5.41) is 13.4. The molecule has 142 valence electrons. The van der Waals surface area contributed by atoms with Crippen LogP contribution in [0.4, 0.5) is 11.6 Å². The third kappa shape index (κ3) is 6.54. The van der Waals surface area contributed by atoms with Crippen molar-refractivity contribution in [1.29, 1.82) is 0 Å². The zero-order valence-electron chi connectivity index (χ0n) is 15.9. The summed E-state index contributed by atoms with van der Waals surface area (Å²) in [4.78, 5) is 23.7. The third-order valence-corrected chi connectivity index (χ3v) is 4.64. The maximum absolute atomic E-state index is 9.44. The number of aliphatic hydroxyl groups is 1. The number of carbonyl (C=O) groups excluding carboxylic acids is 1. The molecule has 0 aromatic carbocycles. The number of aryl methyl sites for hydroxylation is 1. The van der Waals surface area contributed by atoms with Gasteiger partial charge in [-0.1, -0.05) is 13.0 Å². The Bertz CT molecular complexity index is 891. The molecular weight excluding hydrogens is 360 g/mol. The molecule has 27 heavy (non-hydrogen) atoms. The molecule has 0 bridgehead atoms. The number of Topliss-reactive ketones (excluding diaryl/α,β-unsaturated/α-hetero) is 1. The quantitative estimate of drug-likeness (QED) is 0.680. The predicted molar refractivity (Wildman–Crippen MR) is 109 cm³/mol. The van der Waals surface area contributed by atoms with Crippen molar-refractivity contribution < 1.29 is 9.90 Å². The zero-order valence-corrected chi connectivity index (χ0v) is 16.7. The van der Waals surface area contributed by atoms with Crippen LogP contribution in [0.25, 0.3) is 10.6 Å². The first-order valence-corrected chi connectivity index (χ1v) is 9.41. The van der Waals surface area contributed by atoms with Gasteiger partial charge in [-0.25, -0.2) is 15.0 Å². The molecule has 1 unspecified atom stereocenters. The Morgan fingerprint density at radius 1 is 1.22 bits per heavy atom. The SMILES string of the molecule is CC(C)=O.Cc1ccnc(Nc2cccc(-c3cnc(C(C)CO)s3)n2)c1. The Labute approximate surface area is 163 Å². The first-order valence-electron chi connectivity index (χ1n) is 8.60. The number of thiazole rings is 1. The van der Waals surface area contributed by atoms with Crippen molar-refractivity contribution in [2.45, 2.75) is 33.6 Å². The van der Waals surface area contributed by atoms with Crippen LogP contribution in [0.15, 0.2) is 42.7 Å². The van der Waals surface area contributed by atoms with Gasteiger partial charge in [0.1, 0.15) is 17.4 Å². The summed E-state index contributed by atoms with van der Waals surface area (Å²) >= 11 is 1.56. The van der Waals surface area contributed by atoms with Crippen molar-refractivity contribution in [2.75, 3.05) is 11.9 Å². The van der Waals surface area contributed by atoms with E-state index in [-0.39, 0.29) is 18.3 Å². The number of anilines is 2. The van der Waals surface area contributed by atoms with Gasteiger partial charge in [0.15, 0.2) is 0 Å². The molecule has 0 saturated heterocycles. The summed E-state index contributed by atoms with van der Waals surface area (Å²) in [5.74, 6) is 1.73. The fourth-order valence-electron chi connectivity index (χ4n) is 2.09. The van der Waals surface area contributed by atoms with E-state index >= 15 is 0 Å². The molecule has 0 spiro atoms. The Morgan fingerprint density at radius 2 is 1.96 bits per heavy atom. The predicted octanol–water partition coefficient (Wildman–Crippen LogP) is 4.34. The Morgan fingerprint density at radius 3 is 2.63 bits per heavy atom. The van der Waals surface area contributed by atoms with Gasteiger partial charge >= 0.3 is 0 Å². The Kier molecular flexibility index (Phi) is 7.57. The smallest absolute Gasteiger partial charge is 0.132 e. The van der Waals surface area contributed by atoms with E-state index in [0.717, 1.165) is 32.8 Å². The highest BCUT2D eigenvalue weighted by Crippen LogP contribution is 2.29. The fraction of sp³-hybridized carbons (Fsp3) is 0.300. The van der Waals surface area contributed by atoms with Gasteiger partial charge < -0.3 is 15.2 Å². The number of pyridine rings is 2. The van der Waals surface area contributed by atoms with Crippen molar-refractivity contribution in [3.8, 4) is 10.6 Å². The monoisotopic (exact) mass is 384 g/mol. The average molecular weight is 385 g/mol. The molecule has 2 N–H and O–H groups in total. The minimum Gasteiger partial charge on any atom is -0.396 e. The lowest BCUT2D eigenvalue weighted by Gasteiger charge is -2.06. The van der Waals surface area contributed by atoms with Gasteiger partial charge in [0, 0.05) is 18.3 Å². The maximum Gasteiger partial charge on any atom is 0.132 e. The van der Waals surface area contributed by atoms with Crippen molar-refractivity contribution >= 4 is 28.8 Å². The van der Waals surface area contributed by atoms with Crippen LogP contribution in [0.1, 0.15) is 37.3 Å². The second-order valence-electron chi connectivity index (χ2n) is 6.31. The highest BCUT2D eigenvalue weighted by Gasteiger charge is 2.11. The minimum absolute atomic E-state index is 0.0477. The van der Waals surface area contributed by atoms with Crippen molar-refractivity contribution in [1.82, 2.24) is 15.0 Å². The number of hydrogen-bond donors (Lipinski definition) is 2. The van der Waals surface area contributed by atoms with E-state index in [2.05, 4.69) is 20.3 Å². The van der Waals surface area contributed by atoms with Crippen LogP contribution in [0, 0.1) is 6.92 Å². The average Bonchev–Trinajstić information content (AvgIpc) is 3.11. The summed E-state index contributed by atoms with van der Waals surface area (Å²) in [6.07, 6.45) is 3.58. The van der Waals surface area contributed by atoms with Gasteiger partial charge in [0.2, 0.25) is 0 Å². The molecule has 0 aliphatic heterocycles. The molecule has 7 heteroatoms. The van der Waals surface area contributed by atoms with Crippen LogP contribution in [-0.2, 0) is 4.79 Å². The van der Waals surface area contributed by atoms with Crippen molar-refractivity contribution in [2.24, 2.45) is 0 Å². The van der Waals surface area contributed by atoms with Crippen LogP contribution in [0.5, 0.6) is 0 Å². The maximum atomic E-state index is 9.44. The Hall–Kier alpha value is -2.64. The fourth-order valence-corrected chi connectivity index (χ4v) is 3.02. The van der Waals surface area contributed by atoms with Crippen molar-refractivity contribution in [3.63, 3.8) is 0 Å². The first-order chi connectivity index (χ1) is 12.9. The van der Waals surface area contributed by atoms with E-state index in [1.807, 2.05) is 50.4 Å². The molecule has 0 aliphatic rings. The molecule has 3 aromatic rings. The normalized spacial score (nSPS) is 11.3. The molecule has 1 atom stereocenters. The van der Waals surface area contributed by atoms with E-state index < -0.39 is 0 Å². The lowest BCUT2D eigenvalue weighted by Crippen LogP contribution is -1.97. The molecule has 0 amide bonds. The number of aromatic nitrogens is 3. The number of ketones is 1. The second-order valence-corrected chi connectivity index (χ2v) is 7.37. The molecule has 0 saturated carbocycles. The summed E-state index contributed by atoms with van der Waals surface area (Å²) in [6, 6.07) is 9.75. The second kappa shape index (κ2) is 9.89. The third-order valence-electron chi connectivity index (χ3n) is 3.39. The van der Waals surface area contributed by atoms with Crippen LogP contribution >= 0.6 is 11.3 Å². The van der Waals surface area contributed by atoms with E-state index in [1.54, 1.807) is 17.5 Å². The van der Waals surface area contributed by atoms with E-state index in [4.69, 9.17) is 0 Å². The topological polar surface area (TPSA) is 88.0 Å². The van der Waals surface area contributed by atoms with Crippen LogP contribution < -0.4 is 5.32 Å². The Balaban J connectivity index is 0.000000596. The van der Waals surface area contributed by atoms with Gasteiger partial charge in [-0.3, -0.25) is 0 Å². The highest BCUT2D eigenvalue weighted by atomic mass is 32.1. The molecule has 6 nitrogen and oxygen atoms in total. The lowest BCUT2D eigenvalue weighted by atomic mass is 10.2. The van der Waals surface area contributed by atoms with Crippen molar-refractivity contribution in [3.05, 3.63) is 53.3 Å². The summed E-state index contributed by atoms with van der Waals surface area (Å²) < 4.78 is 0. The van der Waals surface area contributed by atoms with E-state index in [0.29, 0.717) is 0 Å². The highest BCUT2D eigenvalue weighted by molar-refractivity contribution is 7.15. The van der Waals surface area contributed by atoms with Gasteiger partial charge in [-0.15, -0.1) is 11.3 Å². The number of hydrogen-bond acceptors (Lipinski definition) is 7. The number of nitrogens with one attached hydrogen (secondary N) is 1. The van der Waals surface area contributed by atoms with Gasteiger partial charge in [0.25, 0.3) is 0 Å². The summed E-state index contributed by atoms with van der Waals surface area (Å²) in [7, 11) is 0. The van der Waals surface area contributed by atoms with E-state index in [1.165, 1.54) is 13.8 Å². The lowest BCUT2D eigenvalue weighted by molar-refractivity contribution is -0.114. The standard InChI is InChI=1S/C17H18N4OS.C3H6O/c1-11-6-7-18-16(8-11)21-15-5-3-4-13(20-15)14-9-19-17(23-14)12(2)10-22;1-3(2)4/h3-9,12,22H,10H2,1-2H3,(H,18,20,21);1-2H3. The van der Waals surface area contributed by atoms with Gasteiger partial charge in [-0.2, -0.15) is 0 Å². The summed E-state index contributed by atoms with van der Waals surface area (Å²) in [6.45, 7) is 7.14. The zero-order chi connectivity index (χ0) is 19.8. The van der Waals surface area contributed by atoms with E-state index in [9.17, 15) is 9.90 Å². The molecule has 3 rings (SSSR count). The van der Waals surface area contributed by atoms with Crippen LogP contribution in [-0.4, -0.2) is 32.4 Å². The van der Waals surface area contributed by atoms with Crippen LogP contribution in [0.2, 0.25) is 0 Å². The molecular formula is C20H24N4O2S. The number of aliphatic hydroxyl groups excluding tert-OH is 1. The summed E-state index contributed by atoms with van der Waals surface area (Å²) in [5.41, 5.74) is 2.00. The van der Waals surface area contributed by atoms with Crippen LogP contribution in [0.3, 0.4) is 0 Å². The number of carbonyl (C=O) groups is 1. The molecule has 0 fully saturated rings. The number of nitrogens with zero attached hydrogens (tertiary/aromatic N) is 3. The van der Waals surface area contributed by atoms with Gasteiger partial charge in [-0.05, 0) is 50.6 Å². The van der Waals surface area contributed by atoms with Gasteiger partial charge in [0.05, 0.1) is 22.2 Å². The molecule has 0 aliphatic carbocycles.